The van der Waals surface area contributed by atoms with Crippen molar-refractivity contribution in [2.75, 3.05) is 0 Å². The number of carbonyl (C=O) groups is 1. The van der Waals surface area contributed by atoms with E-state index in [0.717, 1.165) is 5.56 Å². The zero-order valence-corrected chi connectivity index (χ0v) is 14.3. The Bertz CT molecular complexity index is 663. The summed E-state index contributed by atoms with van der Waals surface area (Å²) in [5.74, 6) is 0.150. The van der Waals surface area contributed by atoms with Crippen LogP contribution in [0.4, 0.5) is 0 Å². The normalized spacial score (nSPS) is 25.2. The van der Waals surface area contributed by atoms with Gasteiger partial charge in [-0.2, -0.15) is 0 Å². The van der Waals surface area contributed by atoms with Gasteiger partial charge in [0.1, 0.15) is 5.38 Å². The van der Waals surface area contributed by atoms with E-state index < -0.39 is 5.38 Å². The quantitative estimate of drug-likeness (QED) is 0.686. The summed E-state index contributed by atoms with van der Waals surface area (Å²) in [4.78, 5) is 12.4. The van der Waals surface area contributed by atoms with Gasteiger partial charge in [0.2, 0.25) is 0 Å². The van der Waals surface area contributed by atoms with E-state index in [2.05, 4.69) is 62.4 Å². The molecule has 2 aromatic rings. The number of rotatable bonds is 2. The summed E-state index contributed by atoms with van der Waals surface area (Å²) in [6, 6.07) is 16.8. The van der Waals surface area contributed by atoms with Gasteiger partial charge in [-0.25, -0.2) is 0 Å². The Kier molecular flexibility index (Phi) is 4.60. The molecule has 22 heavy (non-hydrogen) atoms. The molecule has 2 aromatic carbocycles. The first kappa shape index (κ1) is 15.6. The molecule has 1 fully saturated rings. The first-order valence-electron chi connectivity index (χ1n) is 7.50. The minimum atomic E-state index is -0.436. The summed E-state index contributed by atoms with van der Waals surface area (Å²) in [6.45, 7) is 4.14. The highest BCUT2D eigenvalue weighted by Gasteiger charge is 2.37. The minimum absolute atomic E-state index is 0.0230. The fraction of sp³-hybridized carbons (Fsp3) is 0.316. The molecule has 3 rings (SSSR count). The molecular weight excluding hydrogens is 312 g/mol. The number of alkyl halides is 1. The number of Topliss-reactive ketones (excluding diaryl/α,β-unsaturated/α-hetero) is 1. The number of halogens is 1. The van der Waals surface area contributed by atoms with Crippen molar-refractivity contribution in [3.05, 3.63) is 70.8 Å². The first-order valence-corrected chi connectivity index (χ1v) is 8.88. The van der Waals surface area contributed by atoms with Crippen molar-refractivity contribution >= 4 is 29.1 Å². The van der Waals surface area contributed by atoms with Crippen LogP contribution in [0.1, 0.15) is 39.2 Å². The van der Waals surface area contributed by atoms with Crippen molar-refractivity contribution < 1.29 is 4.79 Å². The molecule has 1 nitrogen and oxygen atoms in total. The molecule has 3 atom stereocenters. The number of thioether (sulfide) groups is 1. The molecule has 1 heterocycles. The van der Waals surface area contributed by atoms with Crippen LogP contribution in [-0.4, -0.2) is 11.2 Å². The van der Waals surface area contributed by atoms with Crippen LogP contribution < -0.4 is 0 Å². The predicted octanol–water partition coefficient (Wildman–Crippen LogP) is 5.40. The minimum Gasteiger partial charge on any atom is -0.298 e. The highest BCUT2D eigenvalue weighted by Crippen LogP contribution is 2.50. The van der Waals surface area contributed by atoms with Crippen molar-refractivity contribution in [2.24, 2.45) is 0 Å². The van der Waals surface area contributed by atoms with Crippen LogP contribution in [0.3, 0.4) is 0 Å². The topological polar surface area (TPSA) is 17.1 Å². The number of benzene rings is 2. The van der Waals surface area contributed by atoms with E-state index in [9.17, 15) is 4.79 Å². The van der Waals surface area contributed by atoms with Crippen LogP contribution in [0.2, 0.25) is 0 Å². The van der Waals surface area contributed by atoms with Crippen molar-refractivity contribution in [1.82, 2.24) is 0 Å². The van der Waals surface area contributed by atoms with Gasteiger partial charge in [-0.3, -0.25) is 4.79 Å². The van der Waals surface area contributed by atoms with Gasteiger partial charge in [0.15, 0.2) is 5.78 Å². The van der Waals surface area contributed by atoms with Gasteiger partial charge in [0.05, 0.1) is 5.25 Å². The third kappa shape index (κ3) is 3.23. The lowest BCUT2D eigenvalue weighted by molar-refractivity contribution is -0.119. The highest BCUT2D eigenvalue weighted by molar-refractivity contribution is 8.00. The molecule has 3 unspecified atom stereocenters. The van der Waals surface area contributed by atoms with Crippen LogP contribution in [0, 0.1) is 13.8 Å². The highest BCUT2D eigenvalue weighted by atomic mass is 35.5. The number of hydrogen-bond acceptors (Lipinski definition) is 2. The van der Waals surface area contributed by atoms with E-state index in [4.69, 9.17) is 11.6 Å². The van der Waals surface area contributed by atoms with Gasteiger partial charge in [-0.05, 0) is 25.0 Å². The Balaban J connectivity index is 1.88. The summed E-state index contributed by atoms with van der Waals surface area (Å²) >= 11 is 8.22. The van der Waals surface area contributed by atoms with Crippen LogP contribution in [0.15, 0.2) is 48.5 Å². The Morgan fingerprint density at radius 3 is 1.95 bits per heavy atom. The molecule has 0 bridgehead atoms. The Hall–Kier alpha value is -1.25. The lowest BCUT2D eigenvalue weighted by Crippen LogP contribution is -2.28. The summed E-state index contributed by atoms with van der Waals surface area (Å²) in [5, 5.41) is -0.223. The first-order chi connectivity index (χ1) is 10.5. The molecule has 1 saturated heterocycles. The molecule has 0 saturated carbocycles. The maximum Gasteiger partial charge on any atom is 0.153 e. The van der Waals surface area contributed by atoms with Crippen LogP contribution in [-0.2, 0) is 4.79 Å². The number of aryl methyl sites for hydroxylation is 2. The van der Waals surface area contributed by atoms with Crippen molar-refractivity contribution in [2.45, 2.75) is 36.1 Å². The van der Waals surface area contributed by atoms with Crippen molar-refractivity contribution in [1.29, 1.82) is 0 Å². The van der Waals surface area contributed by atoms with Crippen LogP contribution >= 0.6 is 23.4 Å². The SMILES string of the molecule is Cc1ccc(C2CC(=O)C(Cl)C(c3ccc(C)cc3)S2)cc1. The smallest absolute Gasteiger partial charge is 0.153 e. The standard InChI is InChI=1S/C19H19ClOS/c1-12-3-7-14(8-4-12)17-11-16(21)18(20)19(22-17)15-9-5-13(2)6-10-15/h3-10,17-19H,11H2,1-2H3. The van der Waals surface area contributed by atoms with E-state index >= 15 is 0 Å². The van der Waals surface area contributed by atoms with E-state index in [-0.39, 0.29) is 16.3 Å². The molecule has 0 radical (unpaired) electrons. The second kappa shape index (κ2) is 6.47. The Labute approximate surface area is 141 Å². The van der Waals surface area contributed by atoms with E-state index in [0.29, 0.717) is 6.42 Å². The third-order valence-electron chi connectivity index (χ3n) is 4.13. The molecule has 0 aromatic heterocycles. The fourth-order valence-electron chi connectivity index (χ4n) is 2.74. The van der Waals surface area contributed by atoms with E-state index in [1.807, 2.05) is 11.8 Å². The monoisotopic (exact) mass is 330 g/mol. The maximum atomic E-state index is 12.4. The average molecular weight is 331 g/mol. The summed E-state index contributed by atoms with van der Waals surface area (Å²) in [5.41, 5.74) is 4.81. The molecule has 0 amide bonds. The Morgan fingerprint density at radius 1 is 0.909 bits per heavy atom. The van der Waals surface area contributed by atoms with Crippen LogP contribution in [0.25, 0.3) is 0 Å². The summed E-state index contributed by atoms with van der Waals surface area (Å²) < 4.78 is 0. The molecule has 0 N–H and O–H groups in total. The zero-order chi connectivity index (χ0) is 15.7. The average Bonchev–Trinajstić information content (AvgIpc) is 2.52. The van der Waals surface area contributed by atoms with Crippen molar-refractivity contribution in [3.8, 4) is 0 Å². The number of hydrogen-bond donors (Lipinski definition) is 0. The van der Waals surface area contributed by atoms with Gasteiger partial charge >= 0.3 is 0 Å². The summed E-state index contributed by atoms with van der Waals surface area (Å²) in [7, 11) is 0. The molecule has 0 aliphatic carbocycles. The maximum absolute atomic E-state index is 12.4. The van der Waals surface area contributed by atoms with Gasteiger partial charge < -0.3 is 0 Å². The van der Waals surface area contributed by atoms with Crippen molar-refractivity contribution in [3.63, 3.8) is 0 Å². The van der Waals surface area contributed by atoms with E-state index in [1.54, 1.807) is 0 Å². The predicted molar refractivity (Wildman–Crippen MR) is 94.7 cm³/mol. The lowest BCUT2D eigenvalue weighted by atomic mass is 9.99. The largest absolute Gasteiger partial charge is 0.298 e. The lowest BCUT2D eigenvalue weighted by Gasteiger charge is -2.32. The van der Waals surface area contributed by atoms with Gasteiger partial charge in [0, 0.05) is 11.7 Å². The molecule has 1 aliphatic heterocycles. The van der Waals surface area contributed by atoms with Gasteiger partial charge in [-0.1, -0.05) is 59.7 Å². The second-order valence-electron chi connectivity index (χ2n) is 5.94. The number of carbonyl (C=O) groups excluding carboxylic acids is 1. The molecule has 0 spiro atoms. The second-order valence-corrected chi connectivity index (χ2v) is 7.76. The van der Waals surface area contributed by atoms with Gasteiger partial charge in [-0.15, -0.1) is 23.4 Å². The molecule has 114 valence electrons. The molecular formula is C19H19ClOS. The van der Waals surface area contributed by atoms with Gasteiger partial charge in [0.25, 0.3) is 0 Å². The molecule has 1 aliphatic rings. The fourth-order valence-corrected chi connectivity index (χ4v) is 4.68. The third-order valence-corrected chi connectivity index (χ3v) is 6.38. The number of ketones is 1. The van der Waals surface area contributed by atoms with Crippen LogP contribution in [0.5, 0.6) is 0 Å². The zero-order valence-electron chi connectivity index (χ0n) is 12.8. The Morgan fingerprint density at radius 2 is 1.41 bits per heavy atom. The summed E-state index contributed by atoms with van der Waals surface area (Å²) in [6.07, 6.45) is 0.518. The molecule has 3 heteroatoms. The van der Waals surface area contributed by atoms with E-state index in [1.165, 1.54) is 16.7 Å².